The van der Waals surface area contributed by atoms with E-state index in [2.05, 4.69) is 29.6 Å². The van der Waals surface area contributed by atoms with Crippen molar-refractivity contribution in [3.8, 4) is 0 Å². The number of para-hydroxylation sites is 1. The molecule has 0 fully saturated rings. The first-order chi connectivity index (χ1) is 14.1. The van der Waals surface area contributed by atoms with Crippen molar-refractivity contribution in [3.63, 3.8) is 0 Å². The minimum atomic E-state index is 0.0176. The highest BCUT2D eigenvalue weighted by Crippen LogP contribution is 2.48. The van der Waals surface area contributed by atoms with Crippen LogP contribution in [0.3, 0.4) is 0 Å². The van der Waals surface area contributed by atoms with Crippen molar-refractivity contribution in [2.24, 2.45) is 0 Å². The molecule has 6 heteroatoms. The van der Waals surface area contributed by atoms with Crippen LogP contribution < -0.4 is 10.2 Å². The lowest BCUT2D eigenvalue weighted by molar-refractivity contribution is -0.117. The summed E-state index contributed by atoms with van der Waals surface area (Å²) in [4.78, 5) is 18.5. The average Bonchev–Trinajstić information content (AvgIpc) is 2.75. The third-order valence-electron chi connectivity index (χ3n) is 4.89. The number of thioether (sulfide) groups is 1. The molecule has 0 unspecified atom stereocenters. The number of rotatable bonds is 5. The van der Waals surface area contributed by atoms with Crippen molar-refractivity contribution < 1.29 is 4.79 Å². The van der Waals surface area contributed by atoms with E-state index in [0.717, 1.165) is 31.6 Å². The van der Waals surface area contributed by atoms with Gasteiger partial charge in [0.25, 0.3) is 0 Å². The number of fused-ring (bicyclic) bond motifs is 2. The molecular weight excluding hydrogens is 420 g/mol. The predicted molar refractivity (Wildman–Crippen MR) is 124 cm³/mol. The average molecular weight is 441 g/mol. The molecule has 1 amide bonds. The van der Waals surface area contributed by atoms with Crippen LogP contribution in [-0.4, -0.2) is 18.7 Å². The molecule has 3 aromatic rings. The molecule has 0 bridgehead atoms. The third kappa shape index (κ3) is 4.33. The van der Waals surface area contributed by atoms with Crippen LogP contribution in [0.1, 0.15) is 18.5 Å². The maximum absolute atomic E-state index is 13.3. The number of carbonyl (C=O) groups excluding carboxylic acids is 1. The van der Waals surface area contributed by atoms with Crippen LogP contribution in [0.4, 0.5) is 11.4 Å². The van der Waals surface area contributed by atoms with E-state index in [4.69, 9.17) is 11.6 Å². The van der Waals surface area contributed by atoms with Gasteiger partial charge >= 0.3 is 0 Å². The first-order valence-corrected chi connectivity index (χ1v) is 11.8. The predicted octanol–water partition coefficient (Wildman–Crippen LogP) is 6.54. The van der Waals surface area contributed by atoms with Gasteiger partial charge in [0.1, 0.15) is 0 Å². The van der Waals surface area contributed by atoms with Crippen LogP contribution in [0, 0.1) is 0 Å². The number of nitrogens with one attached hydrogen (secondary N) is 1. The molecular formula is C23H21ClN2OS2. The van der Waals surface area contributed by atoms with Gasteiger partial charge in [-0.25, -0.2) is 0 Å². The van der Waals surface area contributed by atoms with Gasteiger partial charge in [-0.3, -0.25) is 9.69 Å². The van der Waals surface area contributed by atoms with Gasteiger partial charge in [0.2, 0.25) is 5.91 Å². The molecule has 0 spiro atoms. The van der Waals surface area contributed by atoms with Crippen LogP contribution in [0.25, 0.3) is 0 Å². The first-order valence-electron chi connectivity index (χ1n) is 9.33. The van der Waals surface area contributed by atoms with Gasteiger partial charge in [0.05, 0.1) is 17.9 Å². The largest absolute Gasteiger partial charge is 0.302 e. The maximum atomic E-state index is 13.3. The SMILES string of the molecule is CSc1ccc2c(c1)N(C(=O)CN[C@H](C)c1cccc(Cl)c1)c1ccccc1S2. The number of halogens is 1. The van der Waals surface area contributed by atoms with Crippen LogP contribution in [0.5, 0.6) is 0 Å². The Bertz CT molecular complexity index is 1060. The minimum Gasteiger partial charge on any atom is -0.302 e. The van der Waals surface area contributed by atoms with Crippen LogP contribution in [0.15, 0.2) is 81.4 Å². The van der Waals surface area contributed by atoms with Crippen molar-refractivity contribution in [3.05, 3.63) is 77.3 Å². The Labute approximate surface area is 184 Å². The van der Waals surface area contributed by atoms with Crippen molar-refractivity contribution in [2.45, 2.75) is 27.7 Å². The normalized spacial score (nSPS) is 13.6. The van der Waals surface area contributed by atoms with Crippen LogP contribution in [-0.2, 0) is 4.79 Å². The number of anilines is 2. The van der Waals surface area contributed by atoms with Gasteiger partial charge in [-0.2, -0.15) is 0 Å². The monoisotopic (exact) mass is 440 g/mol. The summed E-state index contributed by atoms with van der Waals surface area (Å²) in [5, 5.41) is 4.05. The zero-order valence-electron chi connectivity index (χ0n) is 16.2. The fraction of sp³-hybridized carbons (Fsp3) is 0.174. The third-order valence-corrected chi connectivity index (χ3v) is 6.98. The molecule has 0 aliphatic carbocycles. The number of carbonyl (C=O) groups is 1. The minimum absolute atomic E-state index is 0.0176. The summed E-state index contributed by atoms with van der Waals surface area (Å²) in [7, 11) is 0. The molecule has 1 heterocycles. The second-order valence-corrected chi connectivity index (χ2v) is 9.19. The summed E-state index contributed by atoms with van der Waals surface area (Å²) in [6, 6.07) is 22.1. The first kappa shape index (κ1) is 20.4. The summed E-state index contributed by atoms with van der Waals surface area (Å²) < 4.78 is 0. The van der Waals surface area contributed by atoms with Crippen LogP contribution in [0.2, 0.25) is 5.02 Å². The van der Waals surface area contributed by atoms with Crippen molar-refractivity contribution in [1.82, 2.24) is 5.32 Å². The number of benzene rings is 3. The van der Waals surface area contributed by atoms with Crippen molar-refractivity contribution >= 4 is 52.4 Å². The van der Waals surface area contributed by atoms with Gasteiger partial charge in [-0.05, 0) is 61.2 Å². The lowest BCUT2D eigenvalue weighted by Gasteiger charge is -2.32. The molecule has 1 aliphatic rings. The molecule has 0 radical (unpaired) electrons. The Hall–Kier alpha value is -1.92. The molecule has 0 saturated heterocycles. The summed E-state index contributed by atoms with van der Waals surface area (Å²) in [6.07, 6.45) is 2.05. The van der Waals surface area contributed by atoms with Crippen molar-refractivity contribution in [1.29, 1.82) is 0 Å². The number of nitrogens with zero attached hydrogens (tertiary/aromatic N) is 1. The molecule has 0 aromatic heterocycles. The molecule has 4 rings (SSSR count). The molecule has 3 nitrogen and oxygen atoms in total. The quantitative estimate of drug-likeness (QED) is 0.456. The maximum Gasteiger partial charge on any atom is 0.245 e. The van der Waals surface area contributed by atoms with E-state index >= 15 is 0 Å². The lowest BCUT2D eigenvalue weighted by atomic mass is 10.1. The van der Waals surface area contributed by atoms with Gasteiger partial charge < -0.3 is 5.32 Å². The molecule has 1 N–H and O–H groups in total. The van der Waals surface area contributed by atoms with Gasteiger partial charge in [0, 0.05) is 25.8 Å². The Balaban J connectivity index is 1.60. The zero-order valence-corrected chi connectivity index (χ0v) is 18.6. The summed E-state index contributed by atoms with van der Waals surface area (Å²) >= 11 is 9.49. The van der Waals surface area contributed by atoms with Crippen molar-refractivity contribution in [2.75, 3.05) is 17.7 Å². The Morgan fingerprint density at radius 2 is 1.86 bits per heavy atom. The van der Waals surface area contributed by atoms with E-state index in [1.54, 1.807) is 23.5 Å². The zero-order chi connectivity index (χ0) is 20.4. The van der Waals surface area contributed by atoms with E-state index in [1.807, 2.05) is 60.5 Å². The van der Waals surface area contributed by atoms with Gasteiger partial charge in [-0.15, -0.1) is 11.8 Å². The second kappa shape index (κ2) is 8.84. The molecule has 3 aromatic carbocycles. The lowest BCUT2D eigenvalue weighted by Crippen LogP contribution is -2.37. The van der Waals surface area contributed by atoms with Crippen LogP contribution >= 0.6 is 35.1 Å². The fourth-order valence-electron chi connectivity index (χ4n) is 3.34. The van der Waals surface area contributed by atoms with E-state index in [9.17, 15) is 4.79 Å². The highest BCUT2D eigenvalue weighted by atomic mass is 35.5. The number of hydrogen-bond donors (Lipinski definition) is 1. The Morgan fingerprint density at radius 3 is 2.66 bits per heavy atom. The highest BCUT2D eigenvalue weighted by Gasteiger charge is 2.28. The van der Waals surface area contributed by atoms with Gasteiger partial charge in [-0.1, -0.05) is 47.6 Å². The molecule has 148 valence electrons. The highest BCUT2D eigenvalue weighted by molar-refractivity contribution is 8.00. The standard InChI is InChI=1S/C23H21ClN2OS2/c1-15(16-6-5-7-17(24)12-16)25-14-23(27)26-19-8-3-4-9-21(19)29-22-11-10-18(28-2)13-20(22)26/h3-13,15,25H,14H2,1-2H3/t15-/m1/s1. The molecule has 29 heavy (non-hydrogen) atoms. The van der Waals surface area contributed by atoms with E-state index in [-0.39, 0.29) is 18.5 Å². The topological polar surface area (TPSA) is 32.3 Å². The summed E-state index contributed by atoms with van der Waals surface area (Å²) in [5.41, 5.74) is 2.94. The van der Waals surface area contributed by atoms with E-state index in [0.29, 0.717) is 5.02 Å². The number of amides is 1. The number of hydrogen-bond acceptors (Lipinski definition) is 4. The summed E-state index contributed by atoms with van der Waals surface area (Å²) in [5.74, 6) is 0.0196. The Kier molecular flexibility index (Phi) is 6.20. The van der Waals surface area contributed by atoms with E-state index in [1.165, 1.54) is 0 Å². The fourth-order valence-corrected chi connectivity index (χ4v) is 5.01. The van der Waals surface area contributed by atoms with E-state index < -0.39 is 0 Å². The second-order valence-electron chi connectivity index (χ2n) is 6.79. The molecule has 0 saturated carbocycles. The molecule has 1 atom stereocenters. The molecule has 1 aliphatic heterocycles. The van der Waals surface area contributed by atoms with Gasteiger partial charge in [0.15, 0.2) is 0 Å². The summed E-state index contributed by atoms with van der Waals surface area (Å²) in [6.45, 7) is 2.27. The smallest absolute Gasteiger partial charge is 0.245 e. The Morgan fingerprint density at radius 1 is 1.07 bits per heavy atom.